The SMILES string of the molecule is Cc1ccsc1CNC(C)c1ccc(F)c(Cl)c1. The molecule has 1 aromatic carbocycles. The fraction of sp³-hybridized carbons (Fsp3) is 0.286. The van der Waals surface area contributed by atoms with Crippen molar-refractivity contribution in [2.45, 2.75) is 26.4 Å². The van der Waals surface area contributed by atoms with Gasteiger partial charge < -0.3 is 5.32 Å². The molecule has 0 aliphatic heterocycles. The summed E-state index contributed by atoms with van der Waals surface area (Å²) in [6.45, 7) is 4.97. The van der Waals surface area contributed by atoms with Crippen molar-refractivity contribution in [3.63, 3.8) is 0 Å². The highest BCUT2D eigenvalue weighted by Gasteiger charge is 2.09. The summed E-state index contributed by atoms with van der Waals surface area (Å²) in [6, 6.07) is 7.10. The number of hydrogen-bond donors (Lipinski definition) is 1. The highest BCUT2D eigenvalue weighted by atomic mass is 35.5. The quantitative estimate of drug-likeness (QED) is 0.858. The standard InChI is InChI=1S/C14H15ClFNS/c1-9-5-6-18-14(9)8-17-10(2)11-3-4-13(16)12(15)7-11/h3-7,10,17H,8H2,1-2H3. The Labute approximate surface area is 116 Å². The predicted molar refractivity (Wildman–Crippen MR) is 75.7 cm³/mol. The summed E-state index contributed by atoms with van der Waals surface area (Å²) < 4.78 is 13.1. The fourth-order valence-corrected chi connectivity index (χ4v) is 2.78. The molecule has 1 N–H and O–H groups in total. The first-order valence-electron chi connectivity index (χ1n) is 5.79. The van der Waals surface area contributed by atoms with Crippen molar-refractivity contribution in [2.75, 3.05) is 0 Å². The van der Waals surface area contributed by atoms with Crippen molar-refractivity contribution in [1.82, 2.24) is 5.32 Å². The van der Waals surface area contributed by atoms with Crippen LogP contribution in [0, 0.1) is 12.7 Å². The molecule has 0 amide bonds. The lowest BCUT2D eigenvalue weighted by molar-refractivity contribution is 0.574. The zero-order valence-electron chi connectivity index (χ0n) is 10.3. The number of hydrogen-bond acceptors (Lipinski definition) is 2. The predicted octanol–water partition coefficient (Wildman–Crippen LogP) is 4.70. The van der Waals surface area contributed by atoms with Gasteiger partial charge in [-0.15, -0.1) is 11.3 Å². The van der Waals surface area contributed by atoms with Gasteiger partial charge in [0.05, 0.1) is 5.02 Å². The van der Waals surface area contributed by atoms with Crippen molar-refractivity contribution in [2.24, 2.45) is 0 Å². The maximum absolute atomic E-state index is 13.1. The Kier molecular flexibility index (Phi) is 4.38. The topological polar surface area (TPSA) is 12.0 Å². The molecule has 0 saturated carbocycles. The lowest BCUT2D eigenvalue weighted by Crippen LogP contribution is -2.17. The molecule has 1 unspecified atom stereocenters. The van der Waals surface area contributed by atoms with E-state index in [1.807, 2.05) is 6.92 Å². The van der Waals surface area contributed by atoms with E-state index in [4.69, 9.17) is 11.6 Å². The number of aryl methyl sites for hydroxylation is 1. The van der Waals surface area contributed by atoms with E-state index in [0.717, 1.165) is 12.1 Å². The van der Waals surface area contributed by atoms with E-state index in [-0.39, 0.29) is 16.9 Å². The molecule has 2 rings (SSSR count). The summed E-state index contributed by atoms with van der Waals surface area (Å²) in [5, 5.41) is 5.68. The van der Waals surface area contributed by atoms with Gasteiger partial charge in [-0.2, -0.15) is 0 Å². The summed E-state index contributed by atoms with van der Waals surface area (Å²) in [5.41, 5.74) is 2.30. The minimum Gasteiger partial charge on any atom is -0.305 e. The van der Waals surface area contributed by atoms with Gasteiger partial charge in [-0.3, -0.25) is 0 Å². The van der Waals surface area contributed by atoms with Gasteiger partial charge in [-0.1, -0.05) is 17.7 Å². The number of thiophene rings is 1. The number of benzene rings is 1. The molecule has 1 aromatic heterocycles. The summed E-state index contributed by atoms with van der Waals surface area (Å²) in [5.74, 6) is -0.373. The van der Waals surface area contributed by atoms with Crippen LogP contribution in [0.4, 0.5) is 4.39 Å². The van der Waals surface area contributed by atoms with Crippen LogP contribution in [0.3, 0.4) is 0 Å². The maximum atomic E-state index is 13.1. The largest absolute Gasteiger partial charge is 0.305 e. The van der Waals surface area contributed by atoms with E-state index < -0.39 is 0 Å². The Bertz CT molecular complexity index is 538. The van der Waals surface area contributed by atoms with Crippen LogP contribution < -0.4 is 5.32 Å². The van der Waals surface area contributed by atoms with E-state index >= 15 is 0 Å². The third-order valence-corrected chi connectivity index (χ3v) is 4.29. The highest BCUT2D eigenvalue weighted by molar-refractivity contribution is 7.10. The van der Waals surface area contributed by atoms with Gasteiger partial charge in [-0.25, -0.2) is 4.39 Å². The molecule has 1 nitrogen and oxygen atoms in total. The van der Waals surface area contributed by atoms with Gasteiger partial charge in [-0.05, 0) is 48.6 Å². The molecule has 2 aromatic rings. The first-order chi connectivity index (χ1) is 8.58. The Hall–Kier alpha value is -0.900. The second-order valence-electron chi connectivity index (χ2n) is 4.30. The summed E-state index contributed by atoms with van der Waals surface area (Å²) in [7, 11) is 0. The zero-order valence-corrected chi connectivity index (χ0v) is 11.9. The van der Waals surface area contributed by atoms with Crippen molar-refractivity contribution < 1.29 is 4.39 Å². The van der Waals surface area contributed by atoms with Gasteiger partial charge in [0, 0.05) is 17.5 Å². The molecule has 1 atom stereocenters. The average Bonchev–Trinajstić information content (AvgIpc) is 2.75. The van der Waals surface area contributed by atoms with Crippen LogP contribution in [-0.4, -0.2) is 0 Å². The van der Waals surface area contributed by atoms with Crippen LogP contribution in [0.2, 0.25) is 5.02 Å². The molecule has 1 heterocycles. The first kappa shape index (κ1) is 13.5. The van der Waals surface area contributed by atoms with Crippen LogP contribution in [0.1, 0.15) is 29.0 Å². The molecule has 0 bridgehead atoms. The third kappa shape index (κ3) is 3.10. The zero-order chi connectivity index (χ0) is 13.1. The number of halogens is 2. The second kappa shape index (κ2) is 5.83. The molecule has 18 heavy (non-hydrogen) atoms. The Morgan fingerprint density at radius 1 is 1.39 bits per heavy atom. The highest BCUT2D eigenvalue weighted by Crippen LogP contribution is 2.22. The summed E-state index contributed by atoms with van der Waals surface area (Å²) in [4.78, 5) is 1.33. The fourth-order valence-electron chi connectivity index (χ4n) is 1.73. The number of nitrogens with one attached hydrogen (secondary N) is 1. The van der Waals surface area contributed by atoms with E-state index in [0.29, 0.717) is 0 Å². The average molecular weight is 284 g/mol. The Balaban J connectivity index is 2.01. The molecule has 0 saturated heterocycles. The normalized spacial score (nSPS) is 12.7. The lowest BCUT2D eigenvalue weighted by atomic mass is 10.1. The monoisotopic (exact) mass is 283 g/mol. The van der Waals surface area contributed by atoms with Crippen molar-refractivity contribution in [3.8, 4) is 0 Å². The minimum atomic E-state index is -0.373. The molecule has 0 fully saturated rings. The van der Waals surface area contributed by atoms with Crippen LogP contribution in [-0.2, 0) is 6.54 Å². The van der Waals surface area contributed by atoms with E-state index in [1.165, 1.54) is 16.5 Å². The molecular weight excluding hydrogens is 269 g/mol. The van der Waals surface area contributed by atoms with Crippen molar-refractivity contribution in [3.05, 3.63) is 56.5 Å². The number of rotatable bonds is 4. The summed E-state index contributed by atoms with van der Waals surface area (Å²) in [6.07, 6.45) is 0. The van der Waals surface area contributed by atoms with Gasteiger partial charge in [0.15, 0.2) is 0 Å². The van der Waals surface area contributed by atoms with E-state index in [1.54, 1.807) is 23.5 Å². The van der Waals surface area contributed by atoms with Gasteiger partial charge in [0.2, 0.25) is 0 Å². The molecule has 96 valence electrons. The van der Waals surface area contributed by atoms with Crippen LogP contribution in [0.15, 0.2) is 29.6 Å². The molecular formula is C14H15ClFNS. The molecule has 0 aliphatic carbocycles. The van der Waals surface area contributed by atoms with Crippen molar-refractivity contribution in [1.29, 1.82) is 0 Å². The van der Waals surface area contributed by atoms with E-state index in [2.05, 4.69) is 23.7 Å². The third-order valence-electron chi connectivity index (χ3n) is 2.98. The van der Waals surface area contributed by atoms with Crippen LogP contribution >= 0.6 is 22.9 Å². The summed E-state index contributed by atoms with van der Waals surface area (Å²) >= 11 is 7.53. The van der Waals surface area contributed by atoms with Crippen LogP contribution in [0.25, 0.3) is 0 Å². The van der Waals surface area contributed by atoms with Crippen molar-refractivity contribution >= 4 is 22.9 Å². The lowest BCUT2D eigenvalue weighted by Gasteiger charge is -2.14. The minimum absolute atomic E-state index is 0.143. The second-order valence-corrected chi connectivity index (χ2v) is 5.71. The van der Waals surface area contributed by atoms with Gasteiger partial charge in [0.25, 0.3) is 0 Å². The van der Waals surface area contributed by atoms with E-state index in [9.17, 15) is 4.39 Å². The first-order valence-corrected chi connectivity index (χ1v) is 7.05. The Morgan fingerprint density at radius 3 is 2.78 bits per heavy atom. The molecule has 4 heteroatoms. The molecule has 0 radical (unpaired) electrons. The maximum Gasteiger partial charge on any atom is 0.141 e. The Morgan fingerprint density at radius 2 is 2.17 bits per heavy atom. The van der Waals surface area contributed by atoms with Gasteiger partial charge >= 0.3 is 0 Å². The van der Waals surface area contributed by atoms with Crippen LogP contribution in [0.5, 0.6) is 0 Å². The smallest absolute Gasteiger partial charge is 0.141 e. The molecule has 0 aliphatic rings. The molecule has 0 spiro atoms. The van der Waals surface area contributed by atoms with Gasteiger partial charge in [0.1, 0.15) is 5.82 Å².